The van der Waals surface area contributed by atoms with Crippen LogP contribution >= 0.6 is 0 Å². The molecule has 2 aromatic rings. The molecule has 1 fully saturated rings. The summed E-state index contributed by atoms with van der Waals surface area (Å²) in [4.78, 5) is 51.7. The largest absolute Gasteiger partial charge is 0.465 e. The molecule has 1 saturated carbocycles. The van der Waals surface area contributed by atoms with Crippen LogP contribution in [-0.2, 0) is 14.3 Å². The Morgan fingerprint density at radius 2 is 1.70 bits per heavy atom. The van der Waals surface area contributed by atoms with E-state index in [9.17, 15) is 19.2 Å². The fraction of sp³-hybridized carbons (Fsp3) is 0.364. The number of ether oxygens (including phenoxy) is 2. The van der Waals surface area contributed by atoms with Crippen LogP contribution in [0.15, 0.2) is 24.3 Å². The summed E-state index contributed by atoms with van der Waals surface area (Å²) in [5.74, 6) is -1.59. The van der Waals surface area contributed by atoms with E-state index in [-0.39, 0.29) is 23.1 Å². The van der Waals surface area contributed by atoms with Crippen LogP contribution in [0.25, 0.3) is 0 Å². The molecule has 0 saturated heterocycles. The second-order valence-electron chi connectivity index (χ2n) is 7.37. The Morgan fingerprint density at radius 1 is 1.07 bits per heavy atom. The van der Waals surface area contributed by atoms with Gasteiger partial charge in [-0.05, 0) is 63.4 Å². The number of aryl methyl sites for hydroxylation is 1. The number of ketones is 1. The van der Waals surface area contributed by atoms with Crippen molar-refractivity contribution < 1.29 is 28.7 Å². The number of carbonyl (C=O) groups is 4. The number of aromatic amines is 1. The number of H-pyrrole nitrogens is 1. The maximum Gasteiger partial charge on any atom is 0.339 e. The Labute approximate surface area is 173 Å². The predicted molar refractivity (Wildman–Crippen MR) is 109 cm³/mol. The van der Waals surface area contributed by atoms with Gasteiger partial charge < -0.3 is 19.8 Å². The molecule has 2 N–H and O–H groups in total. The zero-order chi connectivity index (χ0) is 22.0. The first-order valence-corrected chi connectivity index (χ1v) is 9.66. The van der Waals surface area contributed by atoms with Crippen LogP contribution in [0.4, 0.5) is 5.69 Å². The van der Waals surface area contributed by atoms with Gasteiger partial charge in [0.1, 0.15) is 0 Å². The van der Waals surface area contributed by atoms with Crippen molar-refractivity contribution >= 4 is 29.3 Å². The van der Waals surface area contributed by atoms with E-state index in [1.165, 1.54) is 26.2 Å². The summed E-state index contributed by atoms with van der Waals surface area (Å²) in [7, 11) is 1.27. The lowest BCUT2D eigenvalue weighted by Crippen LogP contribution is -2.25. The molecule has 1 amide bonds. The highest BCUT2D eigenvalue weighted by molar-refractivity contribution is 6.04. The predicted octanol–water partition coefficient (Wildman–Crippen LogP) is 3.19. The summed E-state index contributed by atoms with van der Waals surface area (Å²) in [5.41, 5.74) is 2.30. The van der Waals surface area contributed by atoms with Gasteiger partial charge in [0.15, 0.2) is 6.10 Å². The van der Waals surface area contributed by atoms with Gasteiger partial charge in [0.25, 0.3) is 0 Å². The first kappa shape index (κ1) is 21.3. The minimum atomic E-state index is -1.06. The number of carbonyl (C=O) groups excluding carboxylic acids is 4. The molecule has 1 aliphatic carbocycles. The van der Waals surface area contributed by atoms with Crippen molar-refractivity contribution in [3.63, 3.8) is 0 Å². The fourth-order valence-electron chi connectivity index (χ4n) is 3.17. The van der Waals surface area contributed by atoms with Crippen molar-refractivity contribution in [2.75, 3.05) is 12.4 Å². The number of esters is 2. The van der Waals surface area contributed by atoms with Gasteiger partial charge >= 0.3 is 11.9 Å². The summed E-state index contributed by atoms with van der Waals surface area (Å²) in [6.07, 6.45) is 0.751. The van der Waals surface area contributed by atoms with Crippen molar-refractivity contribution in [2.45, 2.75) is 39.7 Å². The number of rotatable bonds is 7. The number of amides is 1. The Morgan fingerprint density at radius 3 is 2.27 bits per heavy atom. The molecule has 8 nitrogen and oxygen atoms in total. The molecule has 3 rings (SSSR count). The van der Waals surface area contributed by atoms with Crippen LogP contribution in [0.3, 0.4) is 0 Å². The Hall–Kier alpha value is -3.42. The zero-order valence-corrected chi connectivity index (χ0v) is 17.3. The highest BCUT2D eigenvalue weighted by atomic mass is 16.5. The van der Waals surface area contributed by atoms with Gasteiger partial charge in [-0.2, -0.15) is 0 Å². The number of aromatic nitrogens is 1. The topological polar surface area (TPSA) is 115 Å². The first-order chi connectivity index (χ1) is 14.2. The first-order valence-electron chi connectivity index (χ1n) is 9.66. The third kappa shape index (κ3) is 4.42. The molecule has 1 atom stereocenters. The molecule has 1 aromatic carbocycles. The molecule has 158 valence electrons. The molecule has 0 radical (unpaired) electrons. The average molecular weight is 412 g/mol. The lowest BCUT2D eigenvalue weighted by molar-refractivity contribution is -0.117. The van der Waals surface area contributed by atoms with Crippen molar-refractivity contribution in [1.82, 2.24) is 4.98 Å². The summed E-state index contributed by atoms with van der Waals surface area (Å²) in [6.45, 7) is 4.76. The number of methoxy groups -OCH3 is 1. The average Bonchev–Trinajstić information content (AvgIpc) is 3.53. The molecular formula is C22H24N2O6. The maximum atomic E-state index is 12.7. The second-order valence-corrected chi connectivity index (χ2v) is 7.37. The number of anilines is 1. The van der Waals surface area contributed by atoms with E-state index in [2.05, 4.69) is 10.3 Å². The zero-order valence-electron chi connectivity index (χ0n) is 17.3. The van der Waals surface area contributed by atoms with E-state index in [1.807, 2.05) is 0 Å². The van der Waals surface area contributed by atoms with Crippen LogP contribution in [-0.4, -0.2) is 41.8 Å². The van der Waals surface area contributed by atoms with Gasteiger partial charge in [-0.1, -0.05) is 0 Å². The van der Waals surface area contributed by atoms with E-state index >= 15 is 0 Å². The Balaban J connectivity index is 1.66. The minimum absolute atomic E-state index is 0.0209. The summed E-state index contributed by atoms with van der Waals surface area (Å²) >= 11 is 0. The highest BCUT2D eigenvalue weighted by Gasteiger charge is 2.30. The van der Waals surface area contributed by atoms with Crippen molar-refractivity contribution in [3.8, 4) is 0 Å². The van der Waals surface area contributed by atoms with Crippen LogP contribution in [0.1, 0.15) is 62.2 Å². The van der Waals surface area contributed by atoms with Crippen molar-refractivity contribution in [1.29, 1.82) is 0 Å². The van der Waals surface area contributed by atoms with Crippen LogP contribution in [0.5, 0.6) is 0 Å². The molecule has 1 aromatic heterocycles. The molecule has 30 heavy (non-hydrogen) atoms. The molecule has 1 aliphatic rings. The molecule has 0 aliphatic heterocycles. The Kier molecular flexibility index (Phi) is 6.05. The lowest BCUT2D eigenvalue weighted by atomic mass is 10.1. The van der Waals surface area contributed by atoms with Gasteiger partial charge in [0, 0.05) is 17.3 Å². The maximum absolute atomic E-state index is 12.7. The van der Waals surface area contributed by atoms with E-state index in [0.29, 0.717) is 22.5 Å². The molecule has 1 unspecified atom stereocenters. The van der Waals surface area contributed by atoms with Gasteiger partial charge in [0.2, 0.25) is 11.7 Å². The summed E-state index contributed by atoms with van der Waals surface area (Å²) in [6, 6.07) is 6.29. The van der Waals surface area contributed by atoms with Crippen molar-refractivity contribution in [2.24, 2.45) is 5.92 Å². The van der Waals surface area contributed by atoms with Gasteiger partial charge in [-0.15, -0.1) is 0 Å². The quantitative estimate of drug-likeness (QED) is 0.533. The number of Topliss-reactive ketones (excluding diaryl/α,β-unsaturated/α-hetero) is 1. The number of hydrogen-bond donors (Lipinski definition) is 2. The summed E-state index contributed by atoms with van der Waals surface area (Å²) < 4.78 is 10.0. The molecule has 0 bridgehead atoms. The van der Waals surface area contributed by atoms with E-state index in [0.717, 1.165) is 12.8 Å². The third-order valence-electron chi connectivity index (χ3n) is 5.06. The monoisotopic (exact) mass is 412 g/mol. The number of benzene rings is 1. The van der Waals surface area contributed by atoms with E-state index in [1.54, 1.807) is 26.0 Å². The van der Waals surface area contributed by atoms with Gasteiger partial charge in [-0.25, -0.2) is 9.59 Å². The highest BCUT2D eigenvalue weighted by Crippen LogP contribution is 2.30. The number of hydrogen-bond acceptors (Lipinski definition) is 6. The van der Waals surface area contributed by atoms with Crippen LogP contribution < -0.4 is 5.32 Å². The van der Waals surface area contributed by atoms with Gasteiger partial charge in [-0.3, -0.25) is 9.59 Å². The number of nitrogens with one attached hydrogen (secondary N) is 2. The van der Waals surface area contributed by atoms with E-state index < -0.39 is 23.8 Å². The smallest absolute Gasteiger partial charge is 0.339 e. The molecule has 0 spiro atoms. The van der Waals surface area contributed by atoms with E-state index in [4.69, 9.17) is 9.47 Å². The lowest BCUT2D eigenvalue weighted by Gasteiger charge is -2.13. The van der Waals surface area contributed by atoms with Crippen molar-refractivity contribution in [3.05, 3.63) is 52.3 Å². The fourth-order valence-corrected chi connectivity index (χ4v) is 3.17. The SMILES string of the molecule is COC(=O)c1c(C)[nH]c(C(=O)C(C)OC(=O)c2ccc(NC(=O)C3CC3)cc2)c1C. The van der Waals surface area contributed by atoms with Crippen LogP contribution in [0, 0.1) is 19.8 Å². The third-order valence-corrected chi connectivity index (χ3v) is 5.06. The second kappa shape index (κ2) is 8.52. The molecular weight excluding hydrogens is 388 g/mol. The molecule has 1 heterocycles. The Bertz CT molecular complexity index is 1000. The molecule has 8 heteroatoms. The van der Waals surface area contributed by atoms with Crippen LogP contribution in [0.2, 0.25) is 0 Å². The summed E-state index contributed by atoms with van der Waals surface area (Å²) in [5, 5.41) is 2.79. The standard InChI is InChI=1S/C22H24N2O6/c1-11-17(22(28)29-4)12(2)23-18(11)19(25)13(3)30-21(27)15-7-9-16(10-8-15)24-20(26)14-5-6-14/h7-10,13-14,23H,5-6H2,1-4H3,(H,24,26). The normalized spacial score (nSPS) is 14.0. The minimum Gasteiger partial charge on any atom is -0.465 e. The van der Waals surface area contributed by atoms with Gasteiger partial charge in [0.05, 0.1) is 23.9 Å².